The highest BCUT2D eigenvalue weighted by molar-refractivity contribution is 5.73. The molecule has 1 aromatic heterocycles. The number of carbonyl (C=O) groups is 1. The monoisotopic (exact) mass is 205 g/mol. The molecule has 0 aliphatic carbocycles. The molecule has 0 amide bonds. The lowest BCUT2D eigenvalue weighted by Gasteiger charge is -1.99. The fourth-order valence-electron chi connectivity index (χ4n) is 1.40. The molecule has 0 radical (unpaired) electrons. The van der Waals surface area contributed by atoms with Crippen molar-refractivity contribution in [1.82, 2.24) is 4.98 Å². The molecule has 0 atom stereocenters. The van der Waals surface area contributed by atoms with Gasteiger partial charge in [-0.15, -0.1) is 0 Å². The van der Waals surface area contributed by atoms with E-state index in [1.165, 1.54) is 13.5 Å². The zero-order valence-corrected chi connectivity index (χ0v) is 8.40. The highest BCUT2D eigenvalue weighted by Crippen LogP contribution is 2.15. The van der Waals surface area contributed by atoms with E-state index in [1.54, 1.807) is 0 Å². The maximum atomic E-state index is 10.9. The Balaban J connectivity index is 2.11. The number of aryl methyl sites for hydroxylation is 1. The normalized spacial score (nSPS) is 10.5. The zero-order chi connectivity index (χ0) is 10.7. The van der Waals surface area contributed by atoms with Crippen molar-refractivity contribution >= 4 is 17.1 Å². The van der Waals surface area contributed by atoms with Crippen molar-refractivity contribution in [2.45, 2.75) is 12.8 Å². The van der Waals surface area contributed by atoms with Crippen LogP contribution < -0.4 is 0 Å². The molecule has 1 heterocycles. The van der Waals surface area contributed by atoms with E-state index in [0.29, 0.717) is 12.8 Å². The quantitative estimate of drug-likeness (QED) is 0.718. The molecule has 0 aliphatic heterocycles. The molecule has 0 fully saturated rings. The van der Waals surface area contributed by atoms with Crippen molar-refractivity contribution in [1.29, 1.82) is 0 Å². The van der Waals surface area contributed by atoms with E-state index in [1.807, 2.05) is 18.2 Å². The van der Waals surface area contributed by atoms with E-state index in [9.17, 15) is 4.79 Å². The van der Waals surface area contributed by atoms with Gasteiger partial charge in [0.15, 0.2) is 12.0 Å². The Labute approximate surface area is 86.9 Å². The van der Waals surface area contributed by atoms with Gasteiger partial charge in [0.25, 0.3) is 0 Å². The summed E-state index contributed by atoms with van der Waals surface area (Å²) in [4.78, 5) is 15.0. The maximum Gasteiger partial charge on any atom is 0.305 e. The first-order chi connectivity index (χ1) is 7.29. The van der Waals surface area contributed by atoms with Crippen LogP contribution in [0.1, 0.15) is 12.0 Å². The SMILES string of the molecule is COC(=O)CCc1ccc2ncoc2c1. The number of nitrogens with zero attached hydrogens (tertiary/aromatic N) is 1. The molecule has 2 rings (SSSR count). The van der Waals surface area contributed by atoms with Crippen LogP contribution in [0, 0.1) is 0 Å². The van der Waals surface area contributed by atoms with Crippen LogP contribution in [-0.2, 0) is 16.0 Å². The van der Waals surface area contributed by atoms with Gasteiger partial charge >= 0.3 is 5.97 Å². The van der Waals surface area contributed by atoms with Gasteiger partial charge in [0, 0.05) is 6.42 Å². The third-order valence-electron chi connectivity index (χ3n) is 2.24. The Morgan fingerprint density at radius 2 is 2.40 bits per heavy atom. The van der Waals surface area contributed by atoms with Crippen molar-refractivity contribution in [3.05, 3.63) is 30.2 Å². The Morgan fingerprint density at radius 1 is 1.53 bits per heavy atom. The summed E-state index contributed by atoms with van der Waals surface area (Å²) in [6, 6.07) is 5.71. The van der Waals surface area contributed by atoms with Gasteiger partial charge in [-0.05, 0) is 24.1 Å². The lowest BCUT2D eigenvalue weighted by molar-refractivity contribution is -0.140. The molecule has 15 heavy (non-hydrogen) atoms. The maximum absolute atomic E-state index is 10.9. The smallest absolute Gasteiger partial charge is 0.305 e. The van der Waals surface area contributed by atoms with Gasteiger partial charge in [0.05, 0.1) is 7.11 Å². The second-order valence-corrected chi connectivity index (χ2v) is 3.23. The standard InChI is InChI=1S/C11H11NO3/c1-14-11(13)5-3-8-2-4-9-10(6-8)15-7-12-9/h2,4,6-7H,3,5H2,1H3. The van der Waals surface area contributed by atoms with Crippen LogP contribution in [0.3, 0.4) is 0 Å². The lowest BCUT2D eigenvalue weighted by Crippen LogP contribution is -2.01. The summed E-state index contributed by atoms with van der Waals surface area (Å²) >= 11 is 0. The molecule has 0 aliphatic rings. The van der Waals surface area contributed by atoms with E-state index in [-0.39, 0.29) is 5.97 Å². The highest BCUT2D eigenvalue weighted by Gasteiger charge is 2.03. The molecule has 0 N–H and O–H groups in total. The average molecular weight is 205 g/mol. The van der Waals surface area contributed by atoms with E-state index in [0.717, 1.165) is 16.7 Å². The fourth-order valence-corrected chi connectivity index (χ4v) is 1.40. The molecule has 78 valence electrons. The van der Waals surface area contributed by atoms with E-state index < -0.39 is 0 Å². The number of fused-ring (bicyclic) bond motifs is 1. The van der Waals surface area contributed by atoms with Crippen LogP contribution >= 0.6 is 0 Å². The van der Waals surface area contributed by atoms with Gasteiger partial charge in [-0.1, -0.05) is 6.07 Å². The number of esters is 1. The Hall–Kier alpha value is -1.84. The number of oxazole rings is 1. The third kappa shape index (κ3) is 2.15. The van der Waals surface area contributed by atoms with Crippen LogP contribution in [0.5, 0.6) is 0 Å². The predicted molar refractivity (Wildman–Crippen MR) is 54.3 cm³/mol. The van der Waals surface area contributed by atoms with Crippen LogP contribution in [0.25, 0.3) is 11.1 Å². The summed E-state index contributed by atoms with van der Waals surface area (Å²) in [5.41, 5.74) is 2.62. The summed E-state index contributed by atoms with van der Waals surface area (Å²) in [7, 11) is 1.39. The largest absolute Gasteiger partial charge is 0.469 e. The van der Waals surface area contributed by atoms with E-state index >= 15 is 0 Å². The number of ether oxygens (including phenoxy) is 1. The van der Waals surface area contributed by atoms with Crippen LogP contribution in [0.15, 0.2) is 29.0 Å². The zero-order valence-electron chi connectivity index (χ0n) is 8.40. The Morgan fingerprint density at radius 3 is 3.20 bits per heavy atom. The van der Waals surface area contributed by atoms with Crippen molar-refractivity contribution in [3.8, 4) is 0 Å². The second-order valence-electron chi connectivity index (χ2n) is 3.23. The number of hydrogen-bond acceptors (Lipinski definition) is 4. The van der Waals surface area contributed by atoms with Crippen LogP contribution in [0.2, 0.25) is 0 Å². The first-order valence-electron chi connectivity index (χ1n) is 4.68. The lowest BCUT2D eigenvalue weighted by atomic mass is 10.1. The summed E-state index contributed by atoms with van der Waals surface area (Å²) in [6.07, 6.45) is 2.45. The summed E-state index contributed by atoms with van der Waals surface area (Å²) in [5, 5.41) is 0. The first-order valence-corrected chi connectivity index (χ1v) is 4.68. The third-order valence-corrected chi connectivity index (χ3v) is 2.24. The topological polar surface area (TPSA) is 52.3 Å². The van der Waals surface area contributed by atoms with Gasteiger partial charge in [-0.3, -0.25) is 4.79 Å². The molecule has 4 nitrogen and oxygen atoms in total. The van der Waals surface area contributed by atoms with Gasteiger partial charge in [-0.2, -0.15) is 0 Å². The van der Waals surface area contributed by atoms with Crippen molar-refractivity contribution in [3.63, 3.8) is 0 Å². The predicted octanol–water partition coefficient (Wildman–Crippen LogP) is 1.93. The molecule has 1 aromatic carbocycles. The minimum Gasteiger partial charge on any atom is -0.469 e. The fraction of sp³-hybridized carbons (Fsp3) is 0.273. The molecular formula is C11H11NO3. The summed E-state index contributed by atoms with van der Waals surface area (Å²) in [6.45, 7) is 0. The molecule has 2 aromatic rings. The molecule has 0 saturated heterocycles. The van der Waals surface area contributed by atoms with Crippen molar-refractivity contribution < 1.29 is 13.9 Å². The number of aromatic nitrogens is 1. The van der Waals surface area contributed by atoms with Gasteiger partial charge in [0.1, 0.15) is 5.52 Å². The molecule has 4 heteroatoms. The van der Waals surface area contributed by atoms with Crippen molar-refractivity contribution in [2.24, 2.45) is 0 Å². The average Bonchev–Trinajstić information content (AvgIpc) is 2.72. The minimum atomic E-state index is -0.201. The molecule has 0 bridgehead atoms. The summed E-state index contributed by atoms with van der Waals surface area (Å²) in [5.74, 6) is -0.201. The number of carbonyl (C=O) groups excluding carboxylic acids is 1. The number of rotatable bonds is 3. The minimum absolute atomic E-state index is 0.201. The van der Waals surface area contributed by atoms with Crippen molar-refractivity contribution in [2.75, 3.05) is 7.11 Å². The van der Waals surface area contributed by atoms with E-state index in [4.69, 9.17) is 4.42 Å². The van der Waals surface area contributed by atoms with Gasteiger partial charge < -0.3 is 9.15 Å². The molecular weight excluding hydrogens is 194 g/mol. The molecule has 0 saturated carbocycles. The Bertz CT molecular complexity index is 475. The van der Waals surface area contributed by atoms with Gasteiger partial charge in [-0.25, -0.2) is 4.98 Å². The van der Waals surface area contributed by atoms with Crippen LogP contribution in [-0.4, -0.2) is 18.1 Å². The summed E-state index contributed by atoms with van der Waals surface area (Å²) < 4.78 is 9.73. The number of benzene rings is 1. The van der Waals surface area contributed by atoms with Crippen LogP contribution in [0.4, 0.5) is 0 Å². The highest BCUT2D eigenvalue weighted by atomic mass is 16.5. The van der Waals surface area contributed by atoms with E-state index in [2.05, 4.69) is 9.72 Å². The first kappa shape index (κ1) is 9.71. The van der Waals surface area contributed by atoms with Gasteiger partial charge in [0.2, 0.25) is 0 Å². The molecule has 0 unspecified atom stereocenters. The Kier molecular flexibility index (Phi) is 2.67. The molecule has 0 spiro atoms. The second kappa shape index (κ2) is 4.13. The number of methoxy groups -OCH3 is 1. The number of hydrogen-bond donors (Lipinski definition) is 0.